The molecule has 1 fully saturated rings. The second-order valence-corrected chi connectivity index (χ2v) is 5.86. The van der Waals surface area contributed by atoms with Gasteiger partial charge in [0, 0.05) is 35.1 Å². The first-order valence-electron chi connectivity index (χ1n) is 7.76. The average molecular weight is 303 g/mol. The summed E-state index contributed by atoms with van der Waals surface area (Å²) in [6.07, 6.45) is 4.53. The van der Waals surface area contributed by atoms with Gasteiger partial charge in [-0.15, -0.1) is 0 Å². The van der Waals surface area contributed by atoms with Gasteiger partial charge in [0.1, 0.15) is 0 Å². The molecule has 0 aliphatic heterocycles. The van der Waals surface area contributed by atoms with Gasteiger partial charge in [-0.05, 0) is 24.1 Å². The summed E-state index contributed by atoms with van der Waals surface area (Å²) in [4.78, 5) is 16.4. The standard InChI is InChI=1S/C19H17N3O/c23-19(22-18-11-16(18)13-5-2-1-3-6-13)21-17-8-4-7-14-12-20-10-9-15(14)17/h1-10,12,16,18H,11H2,(H2,21,22,23). The van der Waals surface area contributed by atoms with Gasteiger partial charge in [0.2, 0.25) is 0 Å². The minimum Gasteiger partial charge on any atom is -0.334 e. The molecule has 2 unspecified atom stereocenters. The molecule has 2 amide bonds. The zero-order valence-corrected chi connectivity index (χ0v) is 12.6. The maximum absolute atomic E-state index is 12.2. The van der Waals surface area contributed by atoms with Crippen LogP contribution in [-0.4, -0.2) is 17.1 Å². The molecule has 0 spiro atoms. The molecule has 3 aromatic rings. The van der Waals surface area contributed by atoms with Crippen LogP contribution in [0, 0.1) is 0 Å². The molecular weight excluding hydrogens is 286 g/mol. The van der Waals surface area contributed by atoms with Crippen LogP contribution in [0.25, 0.3) is 10.8 Å². The van der Waals surface area contributed by atoms with Crippen molar-refractivity contribution in [2.24, 2.45) is 0 Å². The molecule has 4 rings (SSSR count). The molecule has 4 nitrogen and oxygen atoms in total. The first-order valence-corrected chi connectivity index (χ1v) is 7.76. The maximum Gasteiger partial charge on any atom is 0.319 e. The van der Waals surface area contributed by atoms with Crippen LogP contribution >= 0.6 is 0 Å². The molecule has 1 aliphatic carbocycles. The molecule has 0 radical (unpaired) electrons. The Bertz CT molecular complexity index is 842. The third-order valence-electron chi connectivity index (χ3n) is 4.26. The number of rotatable bonds is 3. The molecule has 1 aliphatic rings. The molecule has 1 heterocycles. The molecule has 0 bridgehead atoms. The molecular formula is C19H17N3O. The maximum atomic E-state index is 12.2. The van der Waals surface area contributed by atoms with E-state index in [-0.39, 0.29) is 12.1 Å². The van der Waals surface area contributed by atoms with Crippen molar-refractivity contribution in [3.05, 3.63) is 72.6 Å². The predicted octanol–water partition coefficient (Wildman–Crippen LogP) is 3.91. The van der Waals surface area contributed by atoms with Crippen LogP contribution in [0.15, 0.2) is 67.0 Å². The topological polar surface area (TPSA) is 54.0 Å². The summed E-state index contributed by atoms with van der Waals surface area (Å²) in [6.45, 7) is 0. The number of fused-ring (bicyclic) bond motifs is 1. The number of carbonyl (C=O) groups is 1. The van der Waals surface area contributed by atoms with E-state index in [4.69, 9.17) is 0 Å². The quantitative estimate of drug-likeness (QED) is 0.770. The second kappa shape index (κ2) is 5.72. The number of hydrogen-bond donors (Lipinski definition) is 2. The number of pyridine rings is 1. The summed E-state index contributed by atoms with van der Waals surface area (Å²) in [5.41, 5.74) is 2.09. The molecule has 1 saturated carbocycles. The largest absolute Gasteiger partial charge is 0.334 e. The van der Waals surface area contributed by atoms with Gasteiger partial charge in [-0.3, -0.25) is 4.98 Å². The van der Waals surface area contributed by atoms with Crippen molar-refractivity contribution in [2.45, 2.75) is 18.4 Å². The van der Waals surface area contributed by atoms with E-state index in [1.54, 1.807) is 12.4 Å². The fourth-order valence-corrected chi connectivity index (χ4v) is 2.98. The Balaban J connectivity index is 1.43. The molecule has 2 aromatic carbocycles. The number of hydrogen-bond acceptors (Lipinski definition) is 2. The number of aromatic nitrogens is 1. The Morgan fingerprint density at radius 3 is 2.78 bits per heavy atom. The van der Waals surface area contributed by atoms with E-state index < -0.39 is 0 Å². The molecule has 23 heavy (non-hydrogen) atoms. The van der Waals surface area contributed by atoms with E-state index in [0.29, 0.717) is 5.92 Å². The van der Waals surface area contributed by atoms with Crippen molar-refractivity contribution in [1.29, 1.82) is 0 Å². The van der Waals surface area contributed by atoms with Crippen LogP contribution in [0.4, 0.5) is 10.5 Å². The molecule has 2 N–H and O–H groups in total. The predicted molar refractivity (Wildman–Crippen MR) is 91.5 cm³/mol. The van der Waals surface area contributed by atoms with Crippen molar-refractivity contribution in [3.8, 4) is 0 Å². The van der Waals surface area contributed by atoms with E-state index >= 15 is 0 Å². The number of carbonyl (C=O) groups excluding carboxylic acids is 1. The normalized spacial score (nSPS) is 19.3. The minimum absolute atomic E-state index is 0.155. The summed E-state index contributed by atoms with van der Waals surface area (Å²) < 4.78 is 0. The third-order valence-corrected chi connectivity index (χ3v) is 4.26. The molecule has 1 aromatic heterocycles. The summed E-state index contributed by atoms with van der Waals surface area (Å²) in [5.74, 6) is 0.429. The Hall–Kier alpha value is -2.88. The zero-order chi connectivity index (χ0) is 15.6. The lowest BCUT2D eigenvalue weighted by molar-refractivity contribution is 0.251. The van der Waals surface area contributed by atoms with E-state index in [1.807, 2.05) is 42.5 Å². The monoisotopic (exact) mass is 303 g/mol. The van der Waals surface area contributed by atoms with E-state index in [1.165, 1.54) is 5.56 Å². The van der Waals surface area contributed by atoms with Gasteiger partial charge in [0.25, 0.3) is 0 Å². The van der Waals surface area contributed by atoms with Gasteiger partial charge in [0.05, 0.1) is 5.69 Å². The Kier molecular flexibility index (Phi) is 3.42. The van der Waals surface area contributed by atoms with Gasteiger partial charge in [-0.25, -0.2) is 4.79 Å². The van der Waals surface area contributed by atoms with Crippen molar-refractivity contribution in [1.82, 2.24) is 10.3 Å². The lowest BCUT2D eigenvalue weighted by Gasteiger charge is -2.10. The summed E-state index contributed by atoms with van der Waals surface area (Å²) in [5, 5.41) is 8.01. The smallest absolute Gasteiger partial charge is 0.319 e. The molecule has 0 saturated heterocycles. The third kappa shape index (κ3) is 2.88. The van der Waals surface area contributed by atoms with Crippen molar-refractivity contribution < 1.29 is 4.79 Å². The van der Waals surface area contributed by atoms with Crippen molar-refractivity contribution in [3.63, 3.8) is 0 Å². The van der Waals surface area contributed by atoms with Crippen LogP contribution in [0.3, 0.4) is 0 Å². The number of urea groups is 1. The summed E-state index contributed by atoms with van der Waals surface area (Å²) >= 11 is 0. The number of nitrogens with one attached hydrogen (secondary N) is 2. The fourth-order valence-electron chi connectivity index (χ4n) is 2.98. The Labute approximate surface area is 134 Å². The number of anilines is 1. The van der Waals surface area contributed by atoms with E-state index in [2.05, 4.69) is 27.8 Å². The highest BCUT2D eigenvalue weighted by Gasteiger charge is 2.39. The lowest BCUT2D eigenvalue weighted by Crippen LogP contribution is -2.31. The van der Waals surface area contributed by atoms with Crippen LogP contribution < -0.4 is 10.6 Å². The van der Waals surface area contributed by atoms with E-state index in [0.717, 1.165) is 22.9 Å². The highest BCUT2D eigenvalue weighted by molar-refractivity contribution is 6.01. The Morgan fingerprint density at radius 2 is 1.91 bits per heavy atom. The van der Waals surface area contributed by atoms with Crippen molar-refractivity contribution in [2.75, 3.05) is 5.32 Å². The summed E-state index contributed by atoms with van der Waals surface area (Å²) in [7, 11) is 0. The average Bonchev–Trinajstić information content (AvgIpc) is 3.35. The second-order valence-electron chi connectivity index (χ2n) is 5.86. The highest BCUT2D eigenvalue weighted by atomic mass is 16.2. The van der Waals surface area contributed by atoms with Crippen LogP contribution in [-0.2, 0) is 0 Å². The van der Waals surface area contributed by atoms with Gasteiger partial charge >= 0.3 is 6.03 Å². The first kappa shape index (κ1) is 13.8. The molecule has 4 heteroatoms. The number of amides is 2. The minimum atomic E-state index is -0.155. The highest BCUT2D eigenvalue weighted by Crippen LogP contribution is 2.40. The van der Waals surface area contributed by atoms with Crippen LogP contribution in [0.5, 0.6) is 0 Å². The van der Waals surface area contributed by atoms with Gasteiger partial charge in [-0.2, -0.15) is 0 Å². The van der Waals surface area contributed by atoms with Crippen molar-refractivity contribution >= 4 is 22.5 Å². The van der Waals surface area contributed by atoms with Crippen LogP contribution in [0.2, 0.25) is 0 Å². The molecule has 2 atom stereocenters. The van der Waals surface area contributed by atoms with E-state index in [9.17, 15) is 4.79 Å². The molecule has 114 valence electrons. The summed E-state index contributed by atoms with van der Waals surface area (Å²) in [6, 6.07) is 18.1. The van der Waals surface area contributed by atoms with Gasteiger partial charge in [0.15, 0.2) is 0 Å². The van der Waals surface area contributed by atoms with Crippen LogP contribution in [0.1, 0.15) is 17.9 Å². The number of nitrogens with zero attached hydrogens (tertiary/aromatic N) is 1. The Morgan fingerprint density at radius 1 is 1.04 bits per heavy atom. The fraction of sp³-hybridized carbons (Fsp3) is 0.158. The van der Waals surface area contributed by atoms with Gasteiger partial charge in [-0.1, -0.05) is 42.5 Å². The lowest BCUT2D eigenvalue weighted by atomic mass is 10.1. The van der Waals surface area contributed by atoms with Gasteiger partial charge < -0.3 is 10.6 Å². The SMILES string of the molecule is O=C(Nc1cccc2cnccc12)NC1CC1c1ccccc1. The first-order chi connectivity index (χ1) is 11.3. The zero-order valence-electron chi connectivity index (χ0n) is 12.6. The number of benzene rings is 2.